The van der Waals surface area contributed by atoms with Crippen LogP contribution >= 0.6 is 0 Å². The van der Waals surface area contributed by atoms with Gasteiger partial charge in [0.05, 0.1) is 18.4 Å². The molecule has 1 aromatic carbocycles. The Labute approximate surface area is 98.7 Å². The Morgan fingerprint density at radius 3 is 2.53 bits per heavy atom. The van der Waals surface area contributed by atoms with Gasteiger partial charge in [0.1, 0.15) is 5.75 Å². The topological polar surface area (TPSA) is 75.6 Å². The maximum atomic E-state index is 11.4. The molecule has 5 heteroatoms. The van der Waals surface area contributed by atoms with Crippen LogP contribution in [0.3, 0.4) is 0 Å². The highest BCUT2D eigenvalue weighted by atomic mass is 16.5. The fourth-order valence-corrected chi connectivity index (χ4v) is 1.17. The molecular weight excluding hydrogens is 222 g/mol. The number of carbonyl (C=O) groups excluding carboxylic acids is 1. The van der Waals surface area contributed by atoms with Crippen LogP contribution in [0, 0.1) is 0 Å². The summed E-state index contributed by atoms with van der Waals surface area (Å²) in [6.45, 7) is 5.02. The van der Waals surface area contributed by atoms with E-state index in [0.29, 0.717) is 11.3 Å². The first kappa shape index (κ1) is 12.8. The summed E-state index contributed by atoms with van der Waals surface area (Å²) in [4.78, 5) is 22.4. The predicted molar refractivity (Wildman–Crippen MR) is 63.4 cm³/mol. The number of hydrogen-bond donors (Lipinski definition) is 2. The summed E-state index contributed by atoms with van der Waals surface area (Å²) in [5.74, 6) is -1.14. The molecule has 0 radical (unpaired) electrons. The van der Waals surface area contributed by atoms with Crippen molar-refractivity contribution in [2.24, 2.45) is 0 Å². The Hall–Kier alpha value is -2.30. The number of aromatic carboxylic acids is 1. The zero-order valence-electron chi connectivity index (χ0n) is 9.61. The zero-order chi connectivity index (χ0) is 13.0. The Kier molecular flexibility index (Phi) is 3.87. The largest absolute Gasteiger partial charge is 0.497 e. The third-order valence-electron chi connectivity index (χ3n) is 2.09. The van der Waals surface area contributed by atoms with E-state index in [1.807, 2.05) is 0 Å². The highest BCUT2D eigenvalue weighted by molar-refractivity contribution is 6.06. The van der Waals surface area contributed by atoms with E-state index in [1.54, 1.807) is 13.0 Å². The smallest absolute Gasteiger partial charge is 0.337 e. The van der Waals surface area contributed by atoms with E-state index >= 15 is 0 Å². The van der Waals surface area contributed by atoms with Crippen molar-refractivity contribution in [3.05, 3.63) is 35.9 Å². The quantitative estimate of drug-likeness (QED) is 0.781. The van der Waals surface area contributed by atoms with Crippen LogP contribution in [-0.2, 0) is 4.79 Å². The van der Waals surface area contributed by atoms with Gasteiger partial charge in [0.15, 0.2) is 0 Å². The van der Waals surface area contributed by atoms with Crippen LogP contribution < -0.4 is 10.1 Å². The lowest BCUT2D eigenvalue weighted by Gasteiger charge is -2.09. The van der Waals surface area contributed by atoms with Crippen LogP contribution in [-0.4, -0.2) is 24.1 Å². The first-order chi connectivity index (χ1) is 7.95. The fraction of sp³-hybridized carbons (Fsp3) is 0.167. The summed E-state index contributed by atoms with van der Waals surface area (Å²) in [6, 6.07) is 4.39. The second-order valence-corrected chi connectivity index (χ2v) is 3.45. The number of amides is 1. The van der Waals surface area contributed by atoms with Crippen LogP contribution in [0.1, 0.15) is 17.3 Å². The predicted octanol–water partition coefficient (Wildman–Crippen LogP) is 1.91. The van der Waals surface area contributed by atoms with Crippen molar-refractivity contribution >= 4 is 17.6 Å². The molecular formula is C12H13NO4. The van der Waals surface area contributed by atoms with Crippen LogP contribution in [0.2, 0.25) is 0 Å². The van der Waals surface area contributed by atoms with Gasteiger partial charge in [-0.05, 0) is 25.1 Å². The number of methoxy groups -OCH3 is 1. The van der Waals surface area contributed by atoms with Gasteiger partial charge in [-0.3, -0.25) is 4.79 Å². The molecule has 0 saturated heterocycles. The van der Waals surface area contributed by atoms with E-state index in [2.05, 4.69) is 11.9 Å². The van der Waals surface area contributed by atoms with Crippen LogP contribution in [0.4, 0.5) is 5.69 Å². The number of benzene rings is 1. The number of hydrogen-bond acceptors (Lipinski definition) is 3. The molecule has 0 aliphatic carbocycles. The first-order valence-electron chi connectivity index (χ1n) is 4.84. The van der Waals surface area contributed by atoms with Crippen molar-refractivity contribution in [2.75, 3.05) is 12.4 Å². The van der Waals surface area contributed by atoms with Gasteiger partial charge in [-0.15, -0.1) is 0 Å². The number of rotatable bonds is 4. The SMILES string of the molecule is C=C(C)C(=O)Nc1ccc(OC)cc1C(=O)O. The van der Waals surface area contributed by atoms with Crippen molar-refractivity contribution in [1.29, 1.82) is 0 Å². The summed E-state index contributed by atoms with van der Waals surface area (Å²) < 4.78 is 4.92. The van der Waals surface area contributed by atoms with E-state index in [-0.39, 0.29) is 11.3 Å². The van der Waals surface area contributed by atoms with Gasteiger partial charge in [-0.2, -0.15) is 0 Å². The van der Waals surface area contributed by atoms with E-state index in [4.69, 9.17) is 9.84 Å². The summed E-state index contributed by atoms with van der Waals surface area (Å²) in [5, 5.41) is 11.5. The van der Waals surface area contributed by atoms with Gasteiger partial charge in [-0.25, -0.2) is 4.79 Å². The Morgan fingerprint density at radius 2 is 2.06 bits per heavy atom. The third kappa shape index (κ3) is 3.07. The van der Waals surface area contributed by atoms with Crippen molar-refractivity contribution in [1.82, 2.24) is 0 Å². The normalized spacial score (nSPS) is 9.53. The molecule has 0 saturated carbocycles. The minimum atomic E-state index is -1.14. The lowest BCUT2D eigenvalue weighted by Crippen LogP contribution is -2.14. The number of anilines is 1. The molecule has 2 N–H and O–H groups in total. The molecule has 1 rings (SSSR count). The van der Waals surface area contributed by atoms with Crippen molar-refractivity contribution < 1.29 is 19.4 Å². The fourth-order valence-electron chi connectivity index (χ4n) is 1.17. The molecule has 0 heterocycles. The average Bonchev–Trinajstić information content (AvgIpc) is 2.29. The molecule has 5 nitrogen and oxygen atoms in total. The molecule has 90 valence electrons. The molecule has 0 atom stereocenters. The highest BCUT2D eigenvalue weighted by Gasteiger charge is 2.13. The Bertz CT molecular complexity index is 479. The van der Waals surface area contributed by atoms with Gasteiger partial charge in [0, 0.05) is 5.57 Å². The molecule has 17 heavy (non-hydrogen) atoms. The number of nitrogens with one attached hydrogen (secondary N) is 1. The van der Waals surface area contributed by atoms with Crippen molar-refractivity contribution in [2.45, 2.75) is 6.92 Å². The number of carboxylic acid groups (broad SMARTS) is 1. The minimum Gasteiger partial charge on any atom is -0.497 e. The molecule has 1 aromatic rings. The third-order valence-corrected chi connectivity index (χ3v) is 2.09. The molecule has 0 unspecified atom stereocenters. The summed E-state index contributed by atoms with van der Waals surface area (Å²) in [5.41, 5.74) is 0.488. The maximum absolute atomic E-state index is 11.4. The van der Waals surface area contributed by atoms with Gasteiger partial charge in [0.25, 0.3) is 5.91 Å². The standard InChI is InChI=1S/C12H13NO4/c1-7(2)11(14)13-10-5-4-8(17-3)6-9(10)12(15)16/h4-6H,1H2,2-3H3,(H,13,14)(H,15,16). The summed E-state index contributed by atoms with van der Waals surface area (Å²) in [6.07, 6.45) is 0. The van der Waals surface area contributed by atoms with Gasteiger partial charge in [-0.1, -0.05) is 6.58 Å². The Balaban J connectivity index is 3.11. The number of carboxylic acids is 1. The van der Waals surface area contributed by atoms with Crippen molar-refractivity contribution in [3.63, 3.8) is 0 Å². The molecule has 0 bridgehead atoms. The van der Waals surface area contributed by atoms with Gasteiger partial charge >= 0.3 is 5.97 Å². The summed E-state index contributed by atoms with van der Waals surface area (Å²) >= 11 is 0. The van der Waals surface area contributed by atoms with E-state index in [1.165, 1.54) is 19.2 Å². The summed E-state index contributed by atoms with van der Waals surface area (Å²) in [7, 11) is 1.44. The Morgan fingerprint density at radius 1 is 1.41 bits per heavy atom. The molecule has 0 aliphatic rings. The average molecular weight is 235 g/mol. The van der Waals surface area contributed by atoms with E-state index in [0.717, 1.165) is 0 Å². The second-order valence-electron chi connectivity index (χ2n) is 3.45. The molecule has 0 spiro atoms. The first-order valence-corrected chi connectivity index (χ1v) is 4.84. The maximum Gasteiger partial charge on any atom is 0.337 e. The van der Waals surface area contributed by atoms with Gasteiger partial charge in [0.2, 0.25) is 0 Å². The molecule has 0 aliphatic heterocycles. The number of ether oxygens (including phenoxy) is 1. The van der Waals surface area contributed by atoms with E-state index in [9.17, 15) is 9.59 Å². The number of carbonyl (C=O) groups is 2. The highest BCUT2D eigenvalue weighted by Crippen LogP contribution is 2.22. The van der Waals surface area contributed by atoms with E-state index < -0.39 is 11.9 Å². The zero-order valence-corrected chi connectivity index (χ0v) is 9.61. The lowest BCUT2D eigenvalue weighted by atomic mass is 10.1. The monoisotopic (exact) mass is 235 g/mol. The van der Waals surface area contributed by atoms with Crippen LogP contribution in [0.25, 0.3) is 0 Å². The molecule has 0 aromatic heterocycles. The second kappa shape index (κ2) is 5.16. The minimum absolute atomic E-state index is 0.0287. The van der Waals surface area contributed by atoms with Gasteiger partial charge < -0.3 is 15.2 Å². The molecule has 0 fully saturated rings. The van der Waals surface area contributed by atoms with Crippen molar-refractivity contribution in [3.8, 4) is 5.75 Å². The molecule has 1 amide bonds. The van der Waals surface area contributed by atoms with Crippen LogP contribution in [0.5, 0.6) is 5.75 Å². The van der Waals surface area contributed by atoms with Crippen LogP contribution in [0.15, 0.2) is 30.4 Å². The lowest BCUT2D eigenvalue weighted by molar-refractivity contribution is -0.112.